The Bertz CT molecular complexity index is 700. The van der Waals surface area contributed by atoms with E-state index < -0.39 is 6.10 Å². The Kier molecular flexibility index (Phi) is 4.09. The maximum atomic E-state index is 12.2. The van der Waals surface area contributed by atoms with Gasteiger partial charge in [0, 0.05) is 4.90 Å². The highest BCUT2D eigenvalue weighted by Gasteiger charge is 2.32. The zero-order chi connectivity index (χ0) is 15.7. The molecule has 0 saturated heterocycles. The number of aliphatic hydroxyl groups is 1. The van der Waals surface area contributed by atoms with Crippen molar-refractivity contribution in [2.24, 2.45) is 0 Å². The van der Waals surface area contributed by atoms with Crippen molar-refractivity contribution in [3.05, 3.63) is 53.6 Å². The van der Waals surface area contributed by atoms with Crippen molar-refractivity contribution in [3.8, 4) is 5.75 Å². The highest BCUT2D eigenvalue weighted by Crippen LogP contribution is 2.44. The number of carbonyl (C=O) groups excluding carboxylic acids is 1. The average Bonchev–Trinajstić information content (AvgIpc) is 2.65. The first kappa shape index (κ1) is 14.9. The van der Waals surface area contributed by atoms with Crippen LogP contribution < -0.4 is 10.1 Å². The minimum absolute atomic E-state index is 0.353. The van der Waals surface area contributed by atoms with Crippen molar-refractivity contribution in [2.75, 3.05) is 12.4 Å². The number of methoxy groups -OCH3 is 1. The summed E-state index contributed by atoms with van der Waals surface area (Å²) in [4.78, 5) is 13.1. The standard InChI is InChI=1S/C17H17NO3S/c1-10-3-5-11(6-4-10)16-15(19)17(20)18-13-8-7-12(21-2)9-14(13)22-16/h3-9,15-16,19H,1-2H3,(H,18,20). The maximum absolute atomic E-state index is 12.2. The third kappa shape index (κ3) is 2.82. The molecular weight excluding hydrogens is 298 g/mol. The lowest BCUT2D eigenvalue weighted by atomic mass is 10.1. The van der Waals surface area contributed by atoms with E-state index in [2.05, 4.69) is 5.32 Å². The topological polar surface area (TPSA) is 58.6 Å². The van der Waals surface area contributed by atoms with Gasteiger partial charge in [-0.15, -0.1) is 11.8 Å². The van der Waals surface area contributed by atoms with E-state index >= 15 is 0 Å². The molecule has 0 aromatic heterocycles. The monoisotopic (exact) mass is 315 g/mol. The minimum atomic E-state index is -1.11. The van der Waals surface area contributed by atoms with Gasteiger partial charge in [-0.3, -0.25) is 4.79 Å². The summed E-state index contributed by atoms with van der Waals surface area (Å²) in [6, 6.07) is 13.3. The number of aryl methyl sites for hydroxylation is 1. The average molecular weight is 315 g/mol. The second-order valence-electron chi connectivity index (χ2n) is 5.25. The number of thioether (sulfide) groups is 1. The first-order chi connectivity index (χ1) is 10.6. The largest absolute Gasteiger partial charge is 0.497 e. The maximum Gasteiger partial charge on any atom is 0.254 e. The third-order valence-corrected chi connectivity index (χ3v) is 5.04. The zero-order valence-electron chi connectivity index (χ0n) is 12.4. The van der Waals surface area contributed by atoms with Gasteiger partial charge < -0.3 is 15.2 Å². The molecule has 3 rings (SSSR count). The molecule has 1 aliphatic rings. The summed E-state index contributed by atoms with van der Waals surface area (Å²) in [5.74, 6) is 0.335. The molecule has 1 aliphatic heterocycles. The molecule has 22 heavy (non-hydrogen) atoms. The number of rotatable bonds is 2. The molecule has 5 heteroatoms. The van der Waals surface area contributed by atoms with Crippen LogP contribution in [0.3, 0.4) is 0 Å². The molecule has 4 nitrogen and oxygen atoms in total. The van der Waals surface area contributed by atoms with Crippen LogP contribution in [0, 0.1) is 6.92 Å². The number of benzene rings is 2. The lowest BCUT2D eigenvalue weighted by molar-refractivity contribution is -0.124. The summed E-state index contributed by atoms with van der Waals surface area (Å²) in [5.41, 5.74) is 2.77. The van der Waals surface area contributed by atoms with E-state index in [-0.39, 0.29) is 11.2 Å². The van der Waals surface area contributed by atoms with Crippen molar-refractivity contribution in [1.29, 1.82) is 0 Å². The highest BCUT2D eigenvalue weighted by atomic mass is 32.2. The molecule has 2 N–H and O–H groups in total. The van der Waals surface area contributed by atoms with E-state index in [1.165, 1.54) is 11.8 Å². The predicted octanol–water partition coefficient (Wildman–Crippen LogP) is 3.15. The SMILES string of the molecule is COc1ccc2c(c1)SC(c1ccc(C)cc1)C(O)C(=O)N2. The normalized spacial score (nSPS) is 20.8. The van der Waals surface area contributed by atoms with Gasteiger partial charge in [-0.2, -0.15) is 0 Å². The van der Waals surface area contributed by atoms with Gasteiger partial charge in [0.1, 0.15) is 11.9 Å². The Morgan fingerprint density at radius 1 is 1.18 bits per heavy atom. The molecule has 0 radical (unpaired) electrons. The fraction of sp³-hybridized carbons (Fsp3) is 0.235. The molecule has 0 bridgehead atoms. The minimum Gasteiger partial charge on any atom is -0.497 e. The van der Waals surface area contributed by atoms with Crippen LogP contribution in [0.1, 0.15) is 16.4 Å². The zero-order valence-corrected chi connectivity index (χ0v) is 13.2. The van der Waals surface area contributed by atoms with Gasteiger partial charge in [0.15, 0.2) is 0 Å². The molecule has 1 amide bonds. The van der Waals surface area contributed by atoms with Gasteiger partial charge in [0.25, 0.3) is 5.91 Å². The van der Waals surface area contributed by atoms with Gasteiger partial charge in [0.05, 0.1) is 18.0 Å². The Balaban J connectivity index is 2.02. The van der Waals surface area contributed by atoms with Crippen LogP contribution in [0.15, 0.2) is 47.4 Å². The number of hydrogen-bond acceptors (Lipinski definition) is 4. The third-order valence-electron chi connectivity index (χ3n) is 3.66. The van der Waals surface area contributed by atoms with Crippen LogP contribution in [-0.4, -0.2) is 24.2 Å². The quantitative estimate of drug-likeness (QED) is 0.894. The van der Waals surface area contributed by atoms with Gasteiger partial charge in [-0.1, -0.05) is 29.8 Å². The van der Waals surface area contributed by atoms with Gasteiger partial charge in [-0.05, 0) is 30.7 Å². The van der Waals surface area contributed by atoms with E-state index in [0.29, 0.717) is 5.69 Å². The first-order valence-electron chi connectivity index (χ1n) is 6.98. The number of hydrogen-bond donors (Lipinski definition) is 2. The summed E-state index contributed by atoms with van der Waals surface area (Å²) in [5, 5.41) is 12.8. The Morgan fingerprint density at radius 3 is 2.59 bits per heavy atom. The molecule has 1 heterocycles. The summed E-state index contributed by atoms with van der Waals surface area (Å²) in [7, 11) is 1.61. The number of amides is 1. The molecule has 2 atom stereocenters. The molecule has 2 aromatic carbocycles. The molecule has 2 aromatic rings. The summed E-state index contributed by atoms with van der Waals surface area (Å²) < 4.78 is 5.24. The molecule has 0 saturated carbocycles. The lowest BCUT2D eigenvalue weighted by Gasteiger charge is -2.19. The van der Waals surface area contributed by atoms with Gasteiger partial charge in [0.2, 0.25) is 0 Å². The molecule has 0 spiro atoms. The van der Waals surface area contributed by atoms with Crippen LogP contribution in [-0.2, 0) is 4.79 Å². The fourth-order valence-corrected chi connectivity index (χ4v) is 3.63. The summed E-state index contributed by atoms with van der Waals surface area (Å²) in [6.45, 7) is 2.01. The van der Waals surface area contributed by atoms with Crippen molar-refractivity contribution in [1.82, 2.24) is 0 Å². The van der Waals surface area contributed by atoms with E-state index in [9.17, 15) is 9.90 Å². The van der Waals surface area contributed by atoms with E-state index in [0.717, 1.165) is 21.8 Å². The highest BCUT2D eigenvalue weighted by molar-refractivity contribution is 7.99. The smallest absolute Gasteiger partial charge is 0.254 e. The van der Waals surface area contributed by atoms with Gasteiger partial charge in [-0.25, -0.2) is 0 Å². The second kappa shape index (κ2) is 6.02. The Morgan fingerprint density at radius 2 is 1.91 bits per heavy atom. The predicted molar refractivity (Wildman–Crippen MR) is 87.4 cm³/mol. The molecule has 114 valence electrons. The number of carbonyl (C=O) groups is 1. The van der Waals surface area contributed by atoms with Crippen LogP contribution >= 0.6 is 11.8 Å². The van der Waals surface area contributed by atoms with Crippen molar-refractivity contribution < 1.29 is 14.6 Å². The lowest BCUT2D eigenvalue weighted by Crippen LogP contribution is -2.30. The van der Waals surface area contributed by atoms with Crippen LogP contribution in [0.25, 0.3) is 0 Å². The number of ether oxygens (including phenoxy) is 1. The second-order valence-corrected chi connectivity index (χ2v) is 6.43. The van der Waals surface area contributed by atoms with Crippen molar-refractivity contribution >= 4 is 23.4 Å². The van der Waals surface area contributed by atoms with Crippen LogP contribution in [0.2, 0.25) is 0 Å². The van der Waals surface area contributed by atoms with Crippen LogP contribution in [0.5, 0.6) is 5.75 Å². The van der Waals surface area contributed by atoms with Gasteiger partial charge >= 0.3 is 0 Å². The Labute approximate surface area is 133 Å². The first-order valence-corrected chi connectivity index (χ1v) is 7.86. The molecule has 2 unspecified atom stereocenters. The number of anilines is 1. The van der Waals surface area contributed by atoms with Crippen LogP contribution in [0.4, 0.5) is 5.69 Å². The summed E-state index contributed by atoms with van der Waals surface area (Å²) >= 11 is 1.46. The number of aliphatic hydroxyl groups excluding tert-OH is 1. The fourth-order valence-electron chi connectivity index (χ4n) is 2.38. The van der Waals surface area contributed by atoms with Crippen molar-refractivity contribution in [2.45, 2.75) is 23.2 Å². The summed E-state index contributed by atoms with van der Waals surface area (Å²) in [6.07, 6.45) is -1.11. The Hall–Kier alpha value is -1.98. The number of fused-ring (bicyclic) bond motifs is 1. The molecular formula is C17H17NO3S. The van der Waals surface area contributed by atoms with E-state index in [1.54, 1.807) is 19.2 Å². The molecule has 0 aliphatic carbocycles. The molecule has 0 fully saturated rings. The van der Waals surface area contributed by atoms with E-state index in [1.807, 2.05) is 37.3 Å². The number of nitrogens with one attached hydrogen (secondary N) is 1. The van der Waals surface area contributed by atoms with Crippen molar-refractivity contribution in [3.63, 3.8) is 0 Å². The van der Waals surface area contributed by atoms with E-state index in [4.69, 9.17) is 4.74 Å².